The Morgan fingerprint density at radius 2 is 2.12 bits per heavy atom. The quantitative estimate of drug-likeness (QED) is 0.853. The summed E-state index contributed by atoms with van der Waals surface area (Å²) in [6.45, 7) is 4.32. The molecule has 3 heteroatoms. The molecular formula is C13H19BrFN. The highest BCUT2D eigenvalue weighted by Crippen LogP contribution is 2.25. The van der Waals surface area contributed by atoms with Gasteiger partial charge >= 0.3 is 0 Å². The maximum atomic E-state index is 13.6. The van der Waals surface area contributed by atoms with E-state index < -0.39 is 0 Å². The zero-order valence-corrected chi connectivity index (χ0v) is 11.4. The summed E-state index contributed by atoms with van der Waals surface area (Å²) < 4.78 is 14.4. The second-order valence-corrected chi connectivity index (χ2v) is 5.32. The Kier molecular flexibility index (Phi) is 5.42. The fraction of sp³-hybridized carbons (Fsp3) is 0.538. The largest absolute Gasteiger partial charge is 0.324 e. The molecule has 16 heavy (non-hydrogen) atoms. The van der Waals surface area contributed by atoms with Crippen molar-refractivity contribution in [2.24, 2.45) is 11.7 Å². The van der Waals surface area contributed by atoms with Crippen LogP contribution in [0.1, 0.15) is 44.7 Å². The van der Waals surface area contributed by atoms with E-state index in [4.69, 9.17) is 5.73 Å². The van der Waals surface area contributed by atoms with E-state index in [1.54, 1.807) is 6.07 Å². The van der Waals surface area contributed by atoms with Crippen LogP contribution in [0, 0.1) is 11.7 Å². The molecule has 1 aromatic rings. The predicted molar refractivity (Wildman–Crippen MR) is 69.7 cm³/mol. The van der Waals surface area contributed by atoms with Crippen LogP contribution >= 0.6 is 15.9 Å². The zero-order valence-electron chi connectivity index (χ0n) is 9.84. The van der Waals surface area contributed by atoms with Crippen molar-refractivity contribution in [3.05, 3.63) is 34.1 Å². The third kappa shape index (κ3) is 3.87. The van der Waals surface area contributed by atoms with E-state index in [1.165, 1.54) is 6.07 Å². The first-order chi connectivity index (χ1) is 7.54. The molecule has 0 aromatic heterocycles. The summed E-state index contributed by atoms with van der Waals surface area (Å²) in [6, 6.07) is 4.88. The van der Waals surface area contributed by atoms with Crippen LogP contribution in [-0.4, -0.2) is 0 Å². The minimum absolute atomic E-state index is 0.199. The van der Waals surface area contributed by atoms with Crippen LogP contribution in [0.4, 0.5) is 4.39 Å². The predicted octanol–water partition coefficient (Wildman–Crippen LogP) is 4.41. The number of hydrogen-bond donors (Lipinski definition) is 1. The van der Waals surface area contributed by atoms with E-state index in [9.17, 15) is 4.39 Å². The molecule has 1 rings (SSSR count). The molecule has 0 saturated heterocycles. The van der Waals surface area contributed by atoms with Crippen LogP contribution in [0.15, 0.2) is 22.7 Å². The van der Waals surface area contributed by atoms with Crippen LogP contribution in [0.5, 0.6) is 0 Å². The van der Waals surface area contributed by atoms with Gasteiger partial charge in [0.25, 0.3) is 0 Å². The van der Waals surface area contributed by atoms with Gasteiger partial charge in [-0.05, 0) is 24.5 Å². The molecule has 0 aliphatic rings. The molecular weight excluding hydrogens is 269 g/mol. The number of rotatable bonds is 5. The van der Waals surface area contributed by atoms with Crippen molar-refractivity contribution in [3.8, 4) is 0 Å². The molecule has 0 aliphatic heterocycles. The van der Waals surface area contributed by atoms with Gasteiger partial charge in [0.2, 0.25) is 0 Å². The van der Waals surface area contributed by atoms with Crippen molar-refractivity contribution in [2.75, 3.05) is 0 Å². The van der Waals surface area contributed by atoms with Crippen molar-refractivity contribution >= 4 is 15.9 Å². The Balaban J connectivity index is 2.69. The Morgan fingerprint density at radius 1 is 1.44 bits per heavy atom. The molecule has 90 valence electrons. The van der Waals surface area contributed by atoms with Crippen LogP contribution in [0.2, 0.25) is 0 Å². The highest BCUT2D eigenvalue weighted by atomic mass is 79.9. The highest BCUT2D eigenvalue weighted by molar-refractivity contribution is 9.10. The Bertz CT molecular complexity index is 341. The van der Waals surface area contributed by atoms with E-state index in [0.717, 1.165) is 23.7 Å². The molecule has 0 saturated carbocycles. The lowest BCUT2D eigenvalue weighted by atomic mass is 9.93. The zero-order chi connectivity index (χ0) is 12.1. The van der Waals surface area contributed by atoms with Gasteiger partial charge in [0.1, 0.15) is 5.82 Å². The smallest absolute Gasteiger partial charge is 0.129 e. The summed E-state index contributed by atoms with van der Waals surface area (Å²) in [5, 5.41) is 0. The summed E-state index contributed by atoms with van der Waals surface area (Å²) in [4.78, 5) is 0. The molecule has 0 aliphatic carbocycles. The third-order valence-electron chi connectivity index (χ3n) is 2.80. The lowest BCUT2D eigenvalue weighted by Crippen LogP contribution is -2.15. The Morgan fingerprint density at radius 3 is 2.69 bits per heavy atom. The minimum atomic E-state index is -0.217. The first-order valence-corrected chi connectivity index (χ1v) is 6.54. The van der Waals surface area contributed by atoms with E-state index in [1.807, 2.05) is 6.07 Å². The van der Waals surface area contributed by atoms with Gasteiger partial charge < -0.3 is 5.73 Å². The van der Waals surface area contributed by atoms with Gasteiger partial charge in [0, 0.05) is 16.1 Å². The highest BCUT2D eigenvalue weighted by Gasteiger charge is 2.14. The number of hydrogen-bond acceptors (Lipinski definition) is 1. The minimum Gasteiger partial charge on any atom is -0.324 e. The molecule has 2 unspecified atom stereocenters. The molecule has 1 aromatic carbocycles. The molecule has 2 N–H and O–H groups in total. The molecule has 1 nitrogen and oxygen atoms in total. The Labute approximate surface area is 105 Å². The van der Waals surface area contributed by atoms with Gasteiger partial charge in [-0.2, -0.15) is 0 Å². The average molecular weight is 288 g/mol. The van der Waals surface area contributed by atoms with Crippen LogP contribution in [0.3, 0.4) is 0 Å². The average Bonchev–Trinajstić information content (AvgIpc) is 2.17. The van der Waals surface area contributed by atoms with Crippen molar-refractivity contribution in [1.29, 1.82) is 0 Å². The van der Waals surface area contributed by atoms with E-state index in [-0.39, 0.29) is 11.9 Å². The van der Waals surface area contributed by atoms with Gasteiger partial charge in [-0.1, -0.05) is 48.7 Å². The maximum Gasteiger partial charge on any atom is 0.129 e. The normalized spacial score (nSPS) is 14.8. The summed E-state index contributed by atoms with van der Waals surface area (Å²) >= 11 is 3.24. The summed E-state index contributed by atoms with van der Waals surface area (Å²) in [6.07, 6.45) is 3.13. The third-order valence-corrected chi connectivity index (χ3v) is 3.29. The van der Waals surface area contributed by atoms with Crippen LogP contribution in [-0.2, 0) is 0 Å². The lowest BCUT2D eigenvalue weighted by molar-refractivity contribution is 0.431. The number of halogens is 2. The fourth-order valence-corrected chi connectivity index (χ4v) is 2.31. The number of benzene rings is 1. The molecule has 0 radical (unpaired) electrons. The second-order valence-electron chi connectivity index (χ2n) is 4.40. The number of nitrogens with two attached hydrogens (primary N) is 1. The van der Waals surface area contributed by atoms with E-state index in [0.29, 0.717) is 11.5 Å². The molecule has 2 atom stereocenters. The SMILES string of the molecule is CCCC(C)CC(N)c1ccc(Br)cc1F. The van der Waals surface area contributed by atoms with Crippen LogP contribution in [0.25, 0.3) is 0 Å². The summed E-state index contributed by atoms with van der Waals surface area (Å²) in [7, 11) is 0. The molecule has 0 spiro atoms. The van der Waals surface area contributed by atoms with Crippen LogP contribution < -0.4 is 5.73 Å². The van der Waals surface area contributed by atoms with Crippen molar-refractivity contribution in [3.63, 3.8) is 0 Å². The topological polar surface area (TPSA) is 26.0 Å². The molecule has 0 heterocycles. The summed E-state index contributed by atoms with van der Waals surface area (Å²) in [5.41, 5.74) is 6.64. The first-order valence-electron chi connectivity index (χ1n) is 5.75. The first kappa shape index (κ1) is 13.7. The summed E-state index contributed by atoms with van der Waals surface area (Å²) in [5.74, 6) is 0.327. The van der Waals surface area contributed by atoms with E-state index in [2.05, 4.69) is 29.8 Å². The van der Waals surface area contributed by atoms with Gasteiger partial charge in [-0.15, -0.1) is 0 Å². The van der Waals surface area contributed by atoms with Gasteiger partial charge in [-0.3, -0.25) is 0 Å². The van der Waals surface area contributed by atoms with Gasteiger partial charge in [0.15, 0.2) is 0 Å². The second kappa shape index (κ2) is 6.36. The van der Waals surface area contributed by atoms with Crippen molar-refractivity contribution in [1.82, 2.24) is 0 Å². The lowest BCUT2D eigenvalue weighted by Gasteiger charge is -2.17. The molecule has 0 fully saturated rings. The van der Waals surface area contributed by atoms with Gasteiger partial charge in [-0.25, -0.2) is 4.39 Å². The van der Waals surface area contributed by atoms with Crippen molar-refractivity contribution in [2.45, 2.75) is 39.2 Å². The monoisotopic (exact) mass is 287 g/mol. The standard InChI is InChI=1S/C13H19BrFN/c1-3-4-9(2)7-13(16)11-6-5-10(14)8-12(11)15/h5-6,8-9,13H,3-4,7,16H2,1-2H3. The molecule has 0 bridgehead atoms. The van der Waals surface area contributed by atoms with E-state index >= 15 is 0 Å². The molecule has 0 amide bonds. The van der Waals surface area contributed by atoms with Gasteiger partial charge in [0.05, 0.1) is 0 Å². The fourth-order valence-electron chi connectivity index (χ4n) is 1.97. The van der Waals surface area contributed by atoms with Crippen molar-refractivity contribution < 1.29 is 4.39 Å². The maximum absolute atomic E-state index is 13.6. The Hall–Kier alpha value is -0.410.